The summed E-state index contributed by atoms with van der Waals surface area (Å²) in [5.41, 5.74) is 2.45. The number of carbonyl (C=O) groups excluding carboxylic acids is 1. The van der Waals surface area contributed by atoms with Crippen LogP contribution in [0.5, 0.6) is 5.88 Å². The van der Waals surface area contributed by atoms with E-state index in [9.17, 15) is 4.79 Å². The Kier molecular flexibility index (Phi) is 4.90. The standard InChI is InChI=1S/C20H16ClN5O2/c1-2-28-17-9-8-15(21)18(25-17)19(27)23-14-6-4-13(5-7-14)16-12-26-11-3-10-22-20(26)24-16/h3-12H,2H2,1H3,(H,23,27). The predicted octanol–water partition coefficient (Wildman–Crippen LogP) is 4.10. The first-order chi connectivity index (χ1) is 13.6. The van der Waals surface area contributed by atoms with E-state index in [0.717, 1.165) is 11.3 Å². The van der Waals surface area contributed by atoms with Gasteiger partial charge in [0.2, 0.25) is 11.7 Å². The summed E-state index contributed by atoms with van der Waals surface area (Å²) in [5, 5.41) is 3.05. The summed E-state index contributed by atoms with van der Waals surface area (Å²) in [6, 6.07) is 12.4. The van der Waals surface area contributed by atoms with Gasteiger partial charge in [0.05, 0.1) is 17.3 Å². The van der Waals surface area contributed by atoms with Crippen LogP contribution in [-0.4, -0.2) is 31.9 Å². The second-order valence-electron chi connectivity index (χ2n) is 5.90. The van der Waals surface area contributed by atoms with Crippen molar-refractivity contribution in [3.05, 3.63) is 71.8 Å². The van der Waals surface area contributed by atoms with E-state index in [4.69, 9.17) is 16.3 Å². The molecule has 0 aliphatic heterocycles. The van der Waals surface area contributed by atoms with Crippen LogP contribution in [0.2, 0.25) is 5.02 Å². The molecule has 0 atom stereocenters. The highest BCUT2D eigenvalue weighted by Gasteiger charge is 2.14. The molecular formula is C20H16ClN5O2. The van der Waals surface area contributed by atoms with Crippen LogP contribution in [0.4, 0.5) is 5.69 Å². The highest BCUT2D eigenvalue weighted by molar-refractivity contribution is 6.34. The van der Waals surface area contributed by atoms with Gasteiger partial charge in [-0.25, -0.2) is 15.0 Å². The lowest BCUT2D eigenvalue weighted by Crippen LogP contribution is -2.14. The lowest BCUT2D eigenvalue weighted by atomic mass is 10.1. The van der Waals surface area contributed by atoms with Crippen molar-refractivity contribution in [2.75, 3.05) is 11.9 Å². The zero-order chi connectivity index (χ0) is 19.5. The van der Waals surface area contributed by atoms with E-state index in [1.165, 1.54) is 0 Å². The summed E-state index contributed by atoms with van der Waals surface area (Å²) in [7, 11) is 0. The summed E-state index contributed by atoms with van der Waals surface area (Å²) < 4.78 is 7.18. The van der Waals surface area contributed by atoms with E-state index >= 15 is 0 Å². The minimum absolute atomic E-state index is 0.114. The molecule has 1 aromatic carbocycles. The first kappa shape index (κ1) is 17.9. The number of pyridine rings is 1. The number of aromatic nitrogens is 4. The third kappa shape index (κ3) is 3.65. The normalized spacial score (nSPS) is 10.8. The number of ether oxygens (including phenoxy) is 1. The molecule has 4 aromatic rings. The van der Waals surface area contributed by atoms with Crippen LogP contribution in [0.15, 0.2) is 61.1 Å². The molecule has 1 N–H and O–H groups in total. The smallest absolute Gasteiger partial charge is 0.275 e. The first-order valence-corrected chi connectivity index (χ1v) is 9.02. The molecule has 0 spiro atoms. The molecule has 1 amide bonds. The fourth-order valence-corrected chi connectivity index (χ4v) is 2.89. The molecule has 0 fully saturated rings. The summed E-state index contributed by atoms with van der Waals surface area (Å²) in [4.78, 5) is 25.4. The van der Waals surface area contributed by atoms with E-state index in [1.54, 1.807) is 30.5 Å². The van der Waals surface area contributed by atoms with Gasteiger partial charge in [-0.1, -0.05) is 23.7 Å². The van der Waals surface area contributed by atoms with Gasteiger partial charge in [0, 0.05) is 35.9 Å². The van der Waals surface area contributed by atoms with Crippen LogP contribution in [0.3, 0.4) is 0 Å². The average Bonchev–Trinajstić information content (AvgIpc) is 3.14. The van der Waals surface area contributed by atoms with Crippen LogP contribution >= 0.6 is 11.6 Å². The number of hydrogen-bond donors (Lipinski definition) is 1. The van der Waals surface area contributed by atoms with E-state index in [0.29, 0.717) is 24.0 Å². The lowest BCUT2D eigenvalue weighted by molar-refractivity contribution is 0.102. The molecule has 0 aliphatic carbocycles. The van der Waals surface area contributed by atoms with Crippen LogP contribution in [0.25, 0.3) is 17.0 Å². The van der Waals surface area contributed by atoms with Crippen molar-refractivity contribution in [1.29, 1.82) is 0 Å². The van der Waals surface area contributed by atoms with E-state index < -0.39 is 5.91 Å². The molecule has 28 heavy (non-hydrogen) atoms. The van der Waals surface area contributed by atoms with Crippen molar-refractivity contribution in [2.24, 2.45) is 0 Å². The Morgan fingerprint density at radius 2 is 2.00 bits per heavy atom. The van der Waals surface area contributed by atoms with E-state index in [-0.39, 0.29) is 10.7 Å². The Balaban J connectivity index is 1.53. The number of anilines is 1. The summed E-state index contributed by atoms with van der Waals surface area (Å²) in [6.07, 6.45) is 5.49. The van der Waals surface area contributed by atoms with Gasteiger partial charge in [0.25, 0.3) is 5.91 Å². The summed E-state index contributed by atoms with van der Waals surface area (Å²) in [5.74, 6) is 0.578. The third-order valence-electron chi connectivity index (χ3n) is 4.00. The van der Waals surface area contributed by atoms with Gasteiger partial charge < -0.3 is 10.1 Å². The number of nitrogens with zero attached hydrogens (tertiary/aromatic N) is 4. The molecule has 7 nitrogen and oxygen atoms in total. The molecule has 0 bridgehead atoms. The highest BCUT2D eigenvalue weighted by Crippen LogP contribution is 2.23. The molecule has 0 saturated carbocycles. The molecule has 8 heteroatoms. The van der Waals surface area contributed by atoms with Gasteiger partial charge in [0.1, 0.15) is 0 Å². The van der Waals surface area contributed by atoms with Crippen LogP contribution < -0.4 is 10.1 Å². The number of fused-ring (bicyclic) bond motifs is 1. The predicted molar refractivity (Wildman–Crippen MR) is 107 cm³/mol. The molecule has 0 saturated heterocycles. The zero-order valence-electron chi connectivity index (χ0n) is 15.0. The van der Waals surface area contributed by atoms with Gasteiger partial charge in [-0.2, -0.15) is 0 Å². The number of halogens is 1. The third-order valence-corrected chi connectivity index (χ3v) is 4.31. The van der Waals surface area contributed by atoms with Crippen molar-refractivity contribution in [1.82, 2.24) is 19.4 Å². The van der Waals surface area contributed by atoms with Crippen molar-refractivity contribution >= 4 is 29.0 Å². The summed E-state index contributed by atoms with van der Waals surface area (Å²) in [6.45, 7) is 2.30. The maximum absolute atomic E-state index is 12.5. The largest absolute Gasteiger partial charge is 0.478 e. The van der Waals surface area contributed by atoms with E-state index in [1.807, 2.05) is 41.9 Å². The van der Waals surface area contributed by atoms with Crippen molar-refractivity contribution in [3.63, 3.8) is 0 Å². The quantitative estimate of drug-likeness (QED) is 0.552. The van der Waals surface area contributed by atoms with Crippen LogP contribution in [0, 0.1) is 0 Å². The number of nitrogens with one attached hydrogen (secondary N) is 1. The molecule has 3 aromatic heterocycles. The highest BCUT2D eigenvalue weighted by atomic mass is 35.5. The maximum atomic E-state index is 12.5. The molecule has 0 aliphatic rings. The first-order valence-electron chi connectivity index (χ1n) is 8.65. The zero-order valence-corrected chi connectivity index (χ0v) is 15.7. The maximum Gasteiger partial charge on any atom is 0.275 e. The summed E-state index contributed by atoms with van der Waals surface area (Å²) >= 11 is 6.11. The van der Waals surface area contributed by atoms with E-state index in [2.05, 4.69) is 20.3 Å². The molecule has 0 unspecified atom stereocenters. The van der Waals surface area contributed by atoms with Gasteiger partial charge in [-0.3, -0.25) is 9.20 Å². The molecule has 4 rings (SSSR count). The van der Waals surface area contributed by atoms with Crippen molar-refractivity contribution in [3.8, 4) is 17.1 Å². The Morgan fingerprint density at radius 1 is 1.18 bits per heavy atom. The lowest BCUT2D eigenvalue weighted by Gasteiger charge is -2.08. The monoisotopic (exact) mass is 393 g/mol. The topological polar surface area (TPSA) is 81.4 Å². The second kappa shape index (κ2) is 7.66. The number of benzene rings is 1. The molecular weight excluding hydrogens is 378 g/mol. The number of hydrogen-bond acceptors (Lipinski definition) is 5. The van der Waals surface area contributed by atoms with Crippen LogP contribution in [-0.2, 0) is 0 Å². The second-order valence-corrected chi connectivity index (χ2v) is 6.30. The molecule has 140 valence electrons. The van der Waals surface area contributed by atoms with Crippen molar-refractivity contribution < 1.29 is 9.53 Å². The van der Waals surface area contributed by atoms with Crippen LogP contribution in [0.1, 0.15) is 17.4 Å². The minimum atomic E-state index is -0.406. The Bertz CT molecular complexity index is 1110. The molecule has 3 heterocycles. The average molecular weight is 394 g/mol. The Morgan fingerprint density at radius 3 is 2.75 bits per heavy atom. The number of rotatable bonds is 5. The van der Waals surface area contributed by atoms with Gasteiger partial charge in [-0.15, -0.1) is 0 Å². The fourth-order valence-electron chi connectivity index (χ4n) is 2.70. The van der Waals surface area contributed by atoms with Gasteiger partial charge in [0.15, 0.2) is 5.69 Å². The molecule has 0 radical (unpaired) electrons. The fraction of sp³-hybridized carbons (Fsp3) is 0.100. The van der Waals surface area contributed by atoms with Gasteiger partial charge in [-0.05, 0) is 31.2 Å². The van der Waals surface area contributed by atoms with Crippen molar-refractivity contribution in [2.45, 2.75) is 6.92 Å². The Hall–Kier alpha value is -3.45. The number of imidazole rings is 1. The van der Waals surface area contributed by atoms with Gasteiger partial charge >= 0.3 is 0 Å². The number of carbonyl (C=O) groups is 1. The number of amides is 1. The Labute approximate surface area is 166 Å². The minimum Gasteiger partial charge on any atom is -0.478 e. The SMILES string of the molecule is CCOc1ccc(Cl)c(C(=O)Nc2ccc(-c3cn4cccnc4n3)cc2)n1.